The van der Waals surface area contributed by atoms with E-state index in [1.165, 1.54) is 23.5 Å². The molecule has 1 aliphatic heterocycles. The first-order valence-corrected chi connectivity index (χ1v) is 7.15. The maximum Gasteiger partial charge on any atom is 0.123 e. The van der Waals surface area contributed by atoms with E-state index in [-0.39, 0.29) is 5.84 Å². The molecule has 3 nitrogen and oxygen atoms in total. The van der Waals surface area contributed by atoms with E-state index in [2.05, 4.69) is 11.0 Å². The molecule has 0 spiro atoms. The average molecular weight is 249 g/mol. The van der Waals surface area contributed by atoms with Gasteiger partial charge in [0.25, 0.3) is 0 Å². The fourth-order valence-electron chi connectivity index (χ4n) is 2.12. The van der Waals surface area contributed by atoms with E-state index in [1.54, 1.807) is 0 Å². The minimum absolute atomic E-state index is 0.171. The van der Waals surface area contributed by atoms with Crippen LogP contribution >= 0.6 is 11.8 Å². The SMILES string of the molecule is N=C(N)c1ccccc1CN1CCCSCC1. The summed E-state index contributed by atoms with van der Waals surface area (Å²) >= 11 is 2.03. The molecular weight excluding hydrogens is 230 g/mol. The molecular formula is C13H19N3S. The van der Waals surface area contributed by atoms with E-state index in [4.69, 9.17) is 11.1 Å². The highest BCUT2D eigenvalue weighted by Crippen LogP contribution is 2.15. The maximum absolute atomic E-state index is 7.59. The molecule has 0 radical (unpaired) electrons. The third-order valence-corrected chi connectivity index (χ3v) is 4.06. The molecule has 0 saturated carbocycles. The fraction of sp³-hybridized carbons (Fsp3) is 0.462. The first kappa shape index (κ1) is 12.5. The van der Waals surface area contributed by atoms with Gasteiger partial charge in [-0.15, -0.1) is 0 Å². The zero-order valence-electron chi connectivity index (χ0n) is 9.98. The largest absolute Gasteiger partial charge is 0.384 e. The normalized spacial score (nSPS) is 17.6. The molecule has 17 heavy (non-hydrogen) atoms. The summed E-state index contributed by atoms with van der Waals surface area (Å²) in [4.78, 5) is 2.46. The van der Waals surface area contributed by atoms with Crippen LogP contribution in [0.3, 0.4) is 0 Å². The van der Waals surface area contributed by atoms with E-state index in [9.17, 15) is 0 Å². The number of hydrogen-bond acceptors (Lipinski definition) is 3. The Labute approximate surface area is 107 Å². The summed E-state index contributed by atoms with van der Waals surface area (Å²) in [5, 5.41) is 7.59. The second-order valence-electron chi connectivity index (χ2n) is 4.31. The molecule has 0 atom stereocenters. The highest BCUT2D eigenvalue weighted by molar-refractivity contribution is 7.99. The van der Waals surface area contributed by atoms with Crippen LogP contribution in [0.5, 0.6) is 0 Å². The van der Waals surface area contributed by atoms with Crippen molar-refractivity contribution in [3.05, 3.63) is 35.4 Å². The number of thioether (sulfide) groups is 1. The lowest BCUT2D eigenvalue weighted by Gasteiger charge is -2.20. The molecule has 0 aliphatic carbocycles. The van der Waals surface area contributed by atoms with E-state index < -0.39 is 0 Å². The van der Waals surface area contributed by atoms with Gasteiger partial charge in [0.15, 0.2) is 0 Å². The first-order chi connectivity index (χ1) is 8.27. The quantitative estimate of drug-likeness (QED) is 0.635. The van der Waals surface area contributed by atoms with E-state index >= 15 is 0 Å². The van der Waals surface area contributed by atoms with Gasteiger partial charge >= 0.3 is 0 Å². The Morgan fingerprint density at radius 2 is 2.12 bits per heavy atom. The smallest absolute Gasteiger partial charge is 0.123 e. The zero-order chi connectivity index (χ0) is 12.1. The average Bonchev–Trinajstić information content (AvgIpc) is 2.58. The fourth-order valence-corrected chi connectivity index (χ4v) is 3.04. The van der Waals surface area contributed by atoms with E-state index in [0.717, 1.165) is 25.2 Å². The molecule has 0 unspecified atom stereocenters. The number of benzene rings is 1. The molecule has 3 N–H and O–H groups in total. The Balaban J connectivity index is 2.09. The van der Waals surface area contributed by atoms with Crippen molar-refractivity contribution in [3.8, 4) is 0 Å². The van der Waals surface area contributed by atoms with Crippen LogP contribution in [0, 0.1) is 5.41 Å². The predicted molar refractivity (Wildman–Crippen MR) is 74.7 cm³/mol. The number of nitrogen functional groups attached to an aromatic ring is 1. The summed E-state index contributed by atoms with van der Waals surface area (Å²) in [5.74, 6) is 2.65. The van der Waals surface area contributed by atoms with Gasteiger partial charge < -0.3 is 5.73 Å². The van der Waals surface area contributed by atoms with Crippen molar-refractivity contribution in [1.29, 1.82) is 5.41 Å². The number of amidine groups is 1. The number of nitrogens with two attached hydrogens (primary N) is 1. The molecule has 1 heterocycles. The van der Waals surface area contributed by atoms with Gasteiger partial charge in [0.2, 0.25) is 0 Å². The molecule has 4 heteroatoms. The van der Waals surface area contributed by atoms with Crippen LogP contribution in [0.2, 0.25) is 0 Å². The van der Waals surface area contributed by atoms with Gasteiger partial charge in [-0.2, -0.15) is 11.8 Å². The molecule has 1 aliphatic rings. The maximum atomic E-state index is 7.59. The van der Waals surface area contributed by atoms with Crippen molar-refractivity contribution < 1.29 is 0 Å². The van der Waals surface area contributed by atoms with Gasteiger partial charge in [0.05, 0.1) is 0 Å². The van der Waals surface area contributed by atoms with Crippen LogP contribution in [0.4, 0.5) is 0 Å². The molecule has 1 aromatic rings. The van der Waals surface area contributed by atoms with Crippen LogP contribution in [0.15, 0.2) is 24.3 Å². The highest BCUT2D eigenvalue weighted by Gasteiger charge is 2.12. The van der Waals surface area contributed by atoms with Gasteiger partial charge in [-0.1, -0.05) is 24.3 Å². The van der Waals surface area contributed by atoms with Gasteiger partial charge in [-0.3, -0.25) is 10.3 Å². The number of rotatable bonds is 3. The van der Waals surface area contributed by atoms with Crippen molar-refractivity contribution >= 4 is 17.6 Å². The molecule has 2 rings (SSSR count). The molecule has 0 amide bonds. The molecule has 1 saturated heterocycles. The Morgan fingerprint density at radius 1 is 1.29 bits per heavy atom. The van der Waals surface area contributed by atoms with Gasteiger partial charge in [0, 0.05) is 24.4 Å². The lowest BCUT2D eigenvalue weighted by Crippen LogP contribution is -2.27. The summed E-state index contributed by atoms with van der Waals surface area (Å²) < 4.78 is 0. The second-order valence-corrected chi connectivity index (χ2v) is 5.54. The van der Waals surface area contributed by atoms with Crippen LogP contribution in [0.1, 0.15) is 17.5 Å². The van der Waals surface area contributed by atoms with Crippen molar-refractivity contribution in [2.24, 2.45) is 5.73 Å². The third kappa shape index (κ3) is 3.48. The molecule has 92 valence electrons. The Hall–Kier alpha value is -1.00. The summed E-state index contributed by atoms with van der Waals surface area (Å²) in [5.41, 5.74) is 7.66. The van der Waals surface area contributed by atoms with Crippen molar-refractivity contribution in [3.63, 3.8) is 0 Å². The lowest BCUT2D eigenvalue weighted by atomic mass is 10.1. The van der Waals surface area contributed by atoms with Crippen molar-refractivity contribution in [2.45, 2.75) is 13.0 Å². The number of nitrogens with zero attached hydrogens (tertiary/aromatic N) is 1. The third-order valence-electron chi connectivity index (χ3n) is 3.02. The summed E-state index contributed by atoms with van der Waals surface area (Å²) in [6.45, 7) is 3.20. The van der Waals surface area contributed by atoms with Gasteiger partial charge in [-0.25, -0.2) is 0 Å². The van der Waals surface area contributed by atoms with Crippen LogP contribution in [0.25, 0.3) is 0 Å². The van der Waals surface area contributed by atoms with Crippen LogP contribution in [-0.2, 0) is 6.54 Å². The van der Waals surface area contributed by atoms with Gasteiger partial charge in [-0.05, 0) is 24.3 Å². The van der Waals surface area contributed by atoms with E-state index in [0.29, 0.717) is 0 Å². The van der Waals surface area contributed by atoms with Crippen molar-refractivity contribution in [1.82, 2.24) is 4.90 Å². The second kappa shape index (κ2) is 6.07. The summed E-state index contributed by atoms with van der Waals surface area (Å²) in [6.07, 6.45) is 1.26. The lowest BCUT2D eigenvalue weighted by molar-refractivity contribution is 0.287. The predicted octanol–water partition coefficient (Wildman–Crippen LogP) is 1.91. The standard InChI is InChI=1S/C13H19N3S/c14-13(15)12-5-2-1-4-11(12)10-16-6-3-8-17-9-7-16/h1-2,4-5H,3,6-10H2,(H3,14,15). The van der Waals surface area contributed by atoms with Crippen molar-refractivity contribution in [2.75, 3.05) is 24.6 Å². The Bertz CT molecular complexity index is 384. The summed E-state index contributed by atoms with van der Waals surface area (Å²) in [7, 11) is 0. The summed E-state index contributed by atoms with van der Waals surface area (Å²) in [6, 6.07) is 7.98. The number of nitrogens with one attached hydrogen (secondary N) is 1. The molecule has 1 fully saturated rings. The Kier molecular flexibility index (Phi) is 4.45. The monoisotopic (exact) mass is 249 g/mol. The number of hydrogen-bond donors (Lipinski definition) is 2. The topological polar surface area (TPSA) is 53.1 Å². The molecule has 0 bridgehead atoms. The van der Waals surface area contributed by atoms with Crippen LogP contribution < -0.4 is 5.73 Å². The first-order valence-electron chi connectivity index (χ1n) is 6.00. The molecule has 0 aromatic heterocycles. The van der Waals surface area contributed by atoms with E-state index in [1.807, 2.05) is 30.0 Å². The minimum atomic E-state index is 0.171. The van der Waals surface area contributed by atoms with Gasteiger partial charge in [0.1, 0.15) is 5.84 Å². The van der Waals surface area contributed by atoms with Crippen LogP contribution in [-0.4, -0.2) is 35.3 Å². The Morgan fingerprint density at radius 3 is 2.94 bits per heavy atom. The minimum Gasteiger partial charge on any atom is -0.384 e. The zero-order valence-corrected chi connectivity index (χ0v) is 10.8. The highest BCUT2D eigenvalue weighted by atomic mass is 32.2. The molecule has 1 aromatic carbocycles.